The summed E-state index contributed by atoms with van der Waals surface area (Å²) >= 11 is 0. The van der Waals surface area contributed by atoms with Gasteiger partial charge in [0.2, 0.25) is 5.95 Å². The Kier molecular flexibility index (Phi) is 4.72. The second kappa shape index (κ2) is 7.36. The van der Waals surface area contributed by atoms with Crippen LogP contribution in [0.25, 0.3) is 11.0 Å². The van der Waals surface area contributed by atoms with Crippen LogP contribution in [-0.4, -0.2) is 38.4 Å². The molecule has 1 aromatic carbocycles. The molecule has 0 fully saturated rings. The summed E-state index contributed by atoms with van der Waals surface area (Å²) in [7, 11) is -1.75. The van der Waals surface area contributed by atoms with Crippen molar-refractivity contribution in [1.29, 1.82) is 0 Å². The predicted molar refractivity (Wildman–Crippen MR) is 110 cm³/mol. The van der Waals surface area contributed by atoms with Crippen LogP contribution in [0.15, 0.2) is 54.8 Å². The zero-order valence-electron chi connectivity index (χ0n) is 15.5. The molecule has 0 atom stereocenters. The van der Waals surface area contributed by atoms with Gasteiger partial charge in [0, 0.05) is 30.8 Å². The maximum atomic E-state index is 11.7. The van der Waals surface area contributed by atoms with Crippen LogP contribution in [0.2, 0.25) is 0 Å². The molecule has 4 aromatic rings. The fourth-order valence-corrected chi connectivity index (χ4v) is 3.38. The molecule has 0 aliphatic rings. The Hall–Kier alpha value is -3.73. The maximum Gasteiger partial charge on any atom is 0.254 e. The minimum atomic E-state index is -3.57. The Morgan fingerprint density at radius 2 is 2.10 bits per heavy atom. The second-order valence-corrected chi connectivity index (χ2v) is 7.97. The van der Waals surface area contributed by atoms with Crippen LogP contribution < -0.4 is 10.0 Å². The highest BCUT2D eigenvalue weighted by Gasteiger charge is 2.12. The number of nitrogens with one attached hydrogen (secondary N) is 3. The summed E-state index contributed by atoms with van der Waals surface area (Å²) in [5.74, 6) is 0.410. The number of anilines is 3. The van der Waals surface area contributed by atoms with Gasteiger partial charge in [-0.05, 0) is 17.7 Å². The third-order valence-electron chi connectivity index (χ3n) is 4.13. The van der Waals surface area contributed by atoms with E-state index in [4.69, 9.17) is 0 Å². The Labute approximate surface area is 166 Å². The first-order chi connectivity index (χ1) is 13.9. The highest BCUT2D eigenvalue weighted by Crippen LogP contribution is 2.22. The molecule has 3 heterocycles. The molecular formula is C18H18N8O2S. The highest BCUT2D eigenvalue weighted by atomic mass is 32.2. The normalized spacial score (nSPS) is 11.5. The standard InChI is InChI=1S/C18H18N8O2S/c1-3-29(27,28)25-13-6-4-5-12(7-13)8-16-15-10-19-24-17(15)23-18(22-16)21-14-9-20-26(2)11-14/h3-7,9-11,25H,1,8H2,2H3,(H2,19,21,22,23,24). The average molecular weight is 410 g/mol. The summed E-state index contributed by atoms with van der Waals surface area (Å²) in [6, 6.07) is 7.10. The van der Waals surface area contributed by atoms with Gasteiger partial charge in [-0.1, -0.05) is 18.7 Å². The van der Waals surface area contributed by atoms with E-state index >= 15 is 0 Å². The molecule has 11 heteroatoms. The summed E-state index contributed by atoms with van der Waals surface area (Å²) in [6.07, 6.45) is 5.62. The topological polar surface area (TPSA) is 130 Å². The molecule has 0 saturated carbocycles. The first kappa shape index (κ1) is 18.6. The molecular weight excluding hydrogens is 392 g/mol. The minimum absolute atomic E-state index is 0.410. The van der Waals surface area contributed by atoms with Crippen LogP contribution in [0.5, 0.6) is 0 Å². The fraction of sp³-hybridized carbons (Fsp3) is 0.111. The Balaban J connectivity index is 1.65. The molecule has 3 N–H and O–H groups in total. The lowest BCUT2D eigenvalue weighted by molar-refractivity contribution is 0.609. The molecule has 0 spiro atoms. The van der Waals surface area contributed by atoms with Crippen LogP contribution in [0.4, 0.5) is 17.3 Å². The number of sulfonamides is 1. The summed E-state index contributed by atoms with van der Waals surface area (Å²) in [5.41, 5.74) is 3.44. The third-order valence-corrected chi connectivity index (χ3v) is 5.09. The van der Waals surface area contributed by atoms with Crippen molar-refractivity contribution in [3.05, 3.63) is 66.1 Å². The molecule has 148 valence electrons. The van der Waals surface area contributed by atoms with Crippen molar-refractivity contribution in [2.45, 2.75) is 6.42 Å². The smallest absolute Gasteiger partial charge is 0.254 e. The number of hydrogen-bond acceptors (Lipinski definition) is 7. The SMILES string of the molecule is C=CS(=O)(=O)Nc1cccc(Cc2nc(Nc3cnn(C)c3)nc3[nH]ncc23)c1. The van der Waals surface area contributed by atoms with Crippen molar-refractivity contribution in [2.75, 3.05) is 10.0 Å². The molecule has 0 aliphatic heterocycles. The van der Waals surface area contributed by atoms with Gasteiger partial charge in [0.05, 0.1) is 29.2 Å². The van der Waals surface area contributed by atoms with Gasteiger partial charge < -0.3 is 5.32 Å². The van der Waals surface area contributed by atoms with E-state index in [2.05, 4.69) is 41.9 Å². The van der Waals surface area contributed by atoms with E-state index in [9.17, 15) is 8.42 Å². The number of aromatic amines is 1. The number of H-pyrrole nitrogens is 1. The zero-order chi connectivity index (χ0) is 20.4. The van der Waals surface area contributed by atoms with Crippen molar-refractivity contribution in [1.82, 2.24) is 29.9 Å². The summed E-state index contributed by atoms with van der Waals surface area (Å²) in [4.78, 5) is 9.06. The Morgan fingerprint density at radius 3 is 2.86 bits per heavy atom. The van der Waals surface area contributed by atoms with Crippen molar-refractivity contribution in [3.63, 3.8) is 0 Å². The van der Waals surface area contributed by atoms with Crippen LogP contribution in [0.1, 0.15) is 11.3 Å². The fourth-order valence-electron chi connectivity index (χ4n) is 2.84. The Morgan fingerprint density at radius 1 is 1.24 bits per heavy atom. The van der Waals surface area contributed by atoms with Crippen molar-refractivity contribution in [3.8, 4) is 0 Å². The zero-order valence-corrected chi connectivity index (χ0v) is 16.3. The number of hydrogen-bond donors (Lipinski definition) is 3. The van der Waals surface area contributed by atoms with Crippen molar-refractivity contribution in [2.24, 2.45) is 7.05 Å². The maximum absolute atomic E-state index is 11.7. The minimum Gasteiger partial charge on any atom is -0.321 e. The van der Waals surface area contributed by atoms with Crippen LogP contribution in [0.3, 0.4) is 0 Å². The molecule has 0 bridgehead atoms. The van der Waals surface area contributed by atoms with Crippen molar-refractivity contribution >= 4 is 38.4 Å². The molecule has 0 unspecified atom stereocenters. The quantitative estimate of drug-likeness (QED) is 0.426. The molecule has 3 aromatic heterocycles. The molecule has 0 amide bonds. The van der Waals surface area contributed by atoms with Gasteiger partial charge >= 0.3 is 0 Å². The number of benzene rings is 1. The van der Waals surface area contributed by atoms with Gasteiger partial charge in [0.25, 0.3) is 10.0 Å². The number of nitrogens with zero attached hydrogens (tertiary/aromatic N) is 5. The van der Waals surface area contributed by atoms with E-state index in [1.54, 1.807) is 35.3 Å². The van der Waals surface area contributed by atoms with Crippen molar-refractivity contribution < 1.29 is 8.42 Å². The molecule has 0 radical (unpaired) electrons. The van der Waals surface area contributed by atoms with Gasteiger partial charge in [-0.2, -0.15) is 15.2 Å². The Bertz CT molecular complexity index is 1290. The third kappa shape index (κ3) is 4.24. The van der Waals surface area contributed by atoms with Crippen LogP contribution >= 0.6 is 0 Å². The highest BCUT2D eigenvalue weighted by molar-refractivity contribution is 7.95. The van der Waals surface area contributed by atoms with Gasteiger partial charge in [0.15, 0.2) is 5.65 Å². The average Bonchev–Trinajstić information content (AvgIpc) is 3.31. The van der Waals surface area contributed by atoms with Crippen LogP contribution in [0, 0.1) is 0 Å². The number of aryl methyl sites for hydroxylation is 1. The van der Waals surface area contributed by atoms with E-state index < -0.39 is 10.0 Å². The van der Waals surface area contributed by atoms with E-state index in [1.807, 2.05) is 19.3 Å². The number of fused-ring (bicyclic) bond motifs is 1. The predicted octanol–water partition coefficient (Wildman–Crippen LogP) is 2.31. The van der Waals surface area contributed by atoms with Gasteiger partial charge in [0.1, 0.15) is 0 Å². The lowest BCUT2D eigenvalue weighted by Crippen LogP contribution is -2.08. The summed E-state index contributed by atoms with van der Waals surface area (Å²) in [6.45, 7) is 3.30. The largest absolute Gasteiger partial charge is 0.321 e. The molecule has 0 saturated heterocycles. The number of rotatable bonds is 7. The van der Waals surface area contributed by atoms with Gasteiger partial charge in [-0.3, -0.25) is 14.5 Å². The van der Waals surface area contributed by atoms with Gasteiger partial charge in [-0.15, -0.1) is 0 Å². The molecule has 0 aliphatic carbocycles. The second-order valence-electron chi connectivity index (χ2n) is 6.34. The summed E-state index contributed by atoms with van der Waals surface area (Å²) < 4.78 is 27.6. The lowest BCUT2D eigenvalue weighted by atomic mass is 10.1. The lowest BCUT2D eigenvalue weighted by Gasteiger charge is -2.09. The monoisotopic (exact) mass is 410 g/mol. The first-order valence-electron chi connectivity index (χ1n) is 8.62. The molecule has 4 rings (SSSR count). The molecule has 29 heavy (non-hydrogen) atoms. The number of aromatic nitrogens is 6. The van der Waals surface area contributed by atoms with E-state index in [-0.39, 0.29) is 0 Å². The summed E-state index contributed by atoms with van der Waals surface area (Å²) in [5, 5.41) is 15.8. The molecule has 10 nitrogen and oxygen atoms in total. The van der Waals surface area contributed by atoms with Gasteiger partial charge in [-0.25, -0.2) is 13.4 Å². The first-order valence-corrected chi connectivity index (χ1v) is 10.2. The van der Waals surface area contributed by atoms with Crippen LogP contribution in [-0.2, 0) is 23.5 Å². The van der Waals surface area contributed by atoms with E-state index in [0.717, 1.165) is 27.7 Å². The van der Waals surface area contributed by atoms with E-state index in [0.29, 0.717) is 23.7 Å². The van der Waals surface area contributed by atoms with E-state index in [1.165, 1.54) is 0 Å².